The Morgan fingerprint density at radius 2 is 2.50 bits per heavy atom. The molecule has 0 bridgehead atoms. The molecular weight excluding hydrogens is 228 g/mol. The van der Waals surface area contributed by atoms with Crippen LogP contribution in [0.4, 0.5) is 0 Å². The van der Waals surface area contributed by atoms with Crippen LogP contribution in [0.3, 0.4) is 0 Å². The van der Waals surface area contributed by atoms with Crippen molar-refractivity contribution >= 4 is 17.3 Å². The molecule has 0 spiro atoms. The summed E-state index contributed by atoms with van der Waals surface area (Å²) in [6.45, 7) is 1.77. The average Bonchev–Trinajstić information content (AvgIpc) is 2.86. The summed E-state index contributed by atoms with van der Waals surface area (Å²) in [5.41, 5.74) is 0. The first-order valence-corrected chi connectivity index (χ1v) is 5.66. The van der Waals surface area contributed by atoms with Crippen LogP contribution in [0.15, 0.2) is 17.5 Å². The van der Waals surface area contributed by atoms with Gasteiger partial charge in [0, 0.05) is 0 Å². The van der Waals surface area contributed by atoms with E-state index in [1.165, 1.54) is 11.3 Å². The molecular formula is C9H10N4O2S. The molecule has 1 N–H and O–H groups in total. The van der Waals surface area contributed by atoms with Crippen molar-refractivity contribution in [1.29, 1.82) is 0 Å². The summed E-state index contributed by atoms with van der Waals surface area (Å²) in [6, 6.07) is 3.00. The fourth-order valence-corrected chi connectivity index (χ4v) is 1.95. The van der Waals surface area contributed by atoms with Gasteiger partial charge in [-0.05, 0) is 23.1 Å². The highest BCUT2D eigenvalue weighted by Gasteiger charge is 2.20. The van der Waals surface area contributed by atoms with Crippen molar-refractivity contribution in [2.24, 2.45) is 0 Å². The van der Waals surface area contributed by atoms with Crippen molar-refractivity contribution < 1.29 is 9.90 Å². The maximum atomic E-state index is 10.9. The largest absolute Gasteiger partial charge is 0.480 e. The highest BCUT2D eigenvalue weighted by Crippen LogP contribution is 2.20. The molecule has 0 saturated carbocycles. The van der Waals surface area contributed by atoms with Gasteiger partial charge in [-0.3, -0.25) is 0 Å². The number of carboxylic acid groups (broad SMARTS) is 1. The van der Waals surface area contributed by atoms with Crippen LogP contribution in [0.25, 0.3) is 10.7 Å². The lowest BCUT2D eigenvalue weighted by atomic mass is 10.2. The van der Waals surface area contributed by atoms with Crippen LogP contribution >= 0.6 is 11.3 Å². The molecule has 0 aliphatic heterocycles. The van der Waals surface area contributed by atoms with Gasteiger partial charge in [0.05, 0.1) is 4.88 Å². The lowest BCUT2D eigenvalue weighted by molar-refractivity contribution is -0.141. The number of aliphatic carboxylic acids is 1. The van der Waals surface area contributed by atoms with Crippen LogP contribution in [0.2, 0.25) is 0 Å². The smallest absolute Gasteiger partial charge is 0.330 e. The number of thiophene rings is 1. The predicted molar refractivity (Wildman–Crippen MR) is 58.1 cm³/mol. The first-order valence-electron chi connectivity index (χ1n) is 4.78. The van der Waals surface area contributed by atoms with E-state index in [4.69, 9.17) is 5.11 Å². The number of rotatable bonds is 4. The summed E-state index contributed by atoms with van der Waals surface area (Å²) in [6.07, 6.45) is 0.426. The second kappa shape index (κ2) is 4.40. The second-order valence-electron chi connectivity index (χ2n) is 3.17. The van der Waals surface area contributed by atoms with Crippen molar-refractivity contribution in [3.05, 3.63) is 17.5 Å². The minimum Gasteiger partial charge on any atom is -0.480 e. The van der Waals surface area contributed by atoms with Gasteiger partial charge in [-0.15, -0.1) is 26.3 Å². The maximum Gasteiger partial charge on any atom is 0.330 e. The molecule has 0 aromatic carbocycles. The van der Waals surface area contributed by atoms with E-state index in [0.717, 1.165) is 9.67 Å². The molecule has 0 aliphatic carbocycles. The minimum absolute atomic E-state index is 0.426. The van der Waals surface area contributed by atoms with Gasteiger partial charge in [-0.2, -0.15) is 0 Å². The molecule has 0 saturated heterocycles. The topological polar surface area (TPSA) is 80.9 Å². The van der Waals surface area contributed by atoms with E-state index in [0.29, 0.717) is 12.2 Å². The van der Waals surface area contributed by atoms with E-state index in [-0.39, 0.29) is 0 Å². The molecule has 84 valence electrons. The average molecular weight is 238 g/mol. The number of tetrazole rings is 1. The van der Waals surface area contributed by atoms with Crippen LogP contribution in [-0.4, -0.2) is 31.3 Å². The number of hydrogen-bond donors (Lipinski definition) is 1. The number of carboxylic acids is 1. The zero-order valence-corrected chi connectivity index (χ0v) is 9.39. The summed E-state index contributed by atoms with van der Waals surface area (Å²) in [5.74, 6) is -0.479. The molecule has 1 unspecified atom stereocenters. The molecule has 1 atom stereocenters. The lowest BCUT2D eigenvalue weighted by Crippen LogP contribution is -2.20. The first-order chi connectivity index (χ1) is 7.72. The Bertz CT molecular complexity index is 479. The van der Waals surface area contributed by atoms with Crippen molar-refractivity contribution in [2.45, 2.75) is 19.4 Å². The Hall–Kier alpha value is -1.76. The van der Waals surface area contributed by atoms with E-state index < -0.39 is 12.0 Å². The van der Waals surface area contributed by atoms with Crippen molar-refractivity contribution in [2.75, 3.05) is 0 Å². The third kappa shape index (κ3) is 1.94. The molecule has 0 radical (unpaired) electrons. The van der Waals surface area contributed by atoms with Crippen molar-refractivity contribution in [3.8, 4) is 10.7 Å². The van der Waals surface area contributed by atoms with Gasteiger partial charge >= 0.3 is 5.97 Å². The predicted octanol–water partition coefficient (Wildman–Crippen LogP) is 1.44. The lowest BCUT2D eigenvalue weighted by Gasteiger charge is -2.05. The van der Waals surface area contributed by atoms with Crippen molar-refractivity contribution in [1.82, 2.24) is 20.2 Å². The van der Waals surface area contributed by atoms with E-state index >= 15 is 0 Å². The monoisotopic (exact) mass is 238 g/mol. The second-order valence-corrected chi connectivity index (χ2v) is 4.12. The number of aromatic nitrogens is 4. The highest BCUT2D eigenvalue weighted by molar-refractivity contribution is 7.13. The standard InChI is InChI=1S/C9H10N4O2S/c1-2-6(9(14)15)13-11-8(10-12-13)7-4-3-5-16-7/h3-6H,2H2,1H3,(H,14,15). The zero-order chi connectivity index (χ0) is 11.5. The Labute approximate surface area is 95.5 Å². The van der Waals surface area contributed by atoms with E-state index in [9.17, 15) is 4.79 Å². The van der Waals surface area contributed by atoms with Gasteiger partial charge < -0.3 is 5.11 Å². The van der Waals surface area contributed by atoms with Crippen LogP contribution in [0.1, 0.15) is 19.4 Å². The number of nitrogens with zero attached hydrogens (tertiary/aromatic N) is 4. The van der Waals surface area contributed by atoms with Crippen LogP contribution in [-0.2, 0) is 4.79 Å². The summed E-state index contributed by atoms with van der Waals surface area (Å²) in [5, 5.41) is 22.5. The Kier molecular flexibility index (Phi) is 2.95. The third-order valence-electron chi connectivity index (χ3n) is 2.12. The molecule has 2 rings (SSSR count). The zero-order valence-electron chi connectivity index (χ0n) is 8.57. The van der Waals surface area contributed by atoms with Gasteiger partial charge in [0.2, 0.25) is 5.82 Å². The third-order valence-corrected chi connectivity index (χ3v) is 2.99. The summed E-state index contributed by atoms with van der Waals surface area (Å²) >= 11 is 1.49. The summed E-state index contributed by atoms with van der Waals surface area (Å²) in [4.78, 5) is 12.9. The van der Waals surface area contributed by atoms with Gasteiger partial charge in [0.15, 0.2) is 6.04 Å². The number of hydrogen-bond acceptors (Lipinski definition) is 5. The molecule has 0 amide bonds. The molecule has 7 heteroatoms. The molecule has 0 aliphatic rings. The van der Waals surface area contributed by atoms with Gasteiger partial charge in [-0.25, -0.2) is 4.79 Å². The van der Waals surface area contributed by atoms with Crippen LogP contribution in [0, 0.1) is 0 Å². The molecule has 16 heavy (non-hydrogen) atoms. The fraction of sp³-hybridized carbons (Fsp3) is 0.333. The molecule has 2 aromatic rings. The van der Waals surface area contributed by atoms with Gasteiger partial charge in [-0.1, -0.05) is 13.0 Å². The van der Waals surface area contributed by atoms with Gasteiger partial charge in [0.1, 0.15) is 0 Å². The highest BCUT2D eigenvalue weighted by atomic mass is 32.1. The first kappa shape index (κ1) is 10.7. The maximum absolute atomic E-state index is 10.9. The quantitative estimate of drug-likeness (QED) is 0.871. The van der Waals surface area contributed by atoms with E-state index in [1.807, 2.05) is 17.5 Å². The molecule has 6 nitrogen and oxygen atoms in total. The van der Waals surface area contributed by atoms with E-state index in [1.54, 1.807) is 6.92 Å². The Morgan fingerprint density at radius 3 is 3.06 bits per heavy atom. The molecule has 2 aromatic heterocycles. The van der Waals surface area contributed by atoms with Crippen molar-refractivity contribution in [3.63, 3.8) is 0 Å². The minimum atomic E-state index is -0.947. The normalized spacial score (nSPS) is 12.6. The molecule has 0 fully saturated rings. The Balaban J connectivity index is 2.29. The van der Waals surface area contributed by atoms with E-state index in [2.05, 4.69) is 15.4 Å². The van der Waals surface area contributed by atoms with Crippen LogP contribution < -0.4 is 0 Å². The summed E-state index contributed by atoms with van der Waals surface area (Å²) in [7, 11) is 0. The Morgan fingerprint density at radius 1 is 1.69 bits per heavy atom. The molecule has 2 heterocycles. The SMILES string of the molecule is CCC(C(=O)O)n1nnc(-c2cccs2)n1. The fourth-order valence-electron chi connectivity index (χ4n) is 1.30. The number of carbonyl (C=O) groups is 1. The summed E-state index contributed by atoms with van der Waals surface area (Å²) < 4.78 is 0. The van der Waals surface area contributed by atoms with Gasteiger partial charge in [0.25, 0.3) is 0 Å². The van der Waals surface area contributed by atoms with Crippen LogP contribution in [0.5, 0.6) is 0 Å².